The maximum Gasteiger partial charge on any atom is 0.182 e. The molecular formula is C13H14O3. The number of carbonyl (C=O) groups excluding carboxylic acids is 1. The van der Waals surface area contributed by atoms with Crippen LogP contribution in [0.15, 0.2) is 42.0 Å². The highest BCUT2D eigenvalue weighted by Gasteiger charge is 2.05. The molecule has 0 fully saturated rings. The van der Waals surface area contributed by atoms with E-state index < -0.39 is 0 Å². The Bertz CT molecular complexity index is 452. The third kappa shape index (κ3) is 3.28. The number of para-hydroxylation sites is 1. The second kappa shape index (κ2) is 5.16. The van der Waals surface area contributed by atoms with Crippen molar-refractivity contribution < 1.29 is 15.0 Å². The molecule has 2 N–H and O–H groups in total. The van der Waals surface area contributed by atoms with E-state index in [-0.39, 0.29) is 22.9 Å². The number of allylic oxidation sites excluding steroid dienone is 3. The van der Waals surface area contributed by atoms with Crippen molar-refractivity contribution in [1.29, 1.82) is 0 Å². The molecule has 0 saturated carbocycles. The molecule has 1 aromatic rings. The average molecular weight is 218 g/mol. The molecule has 0 radical (unpaired) electrons. The summed E-state index contributed by atoms with van der Waals surface area (Å²) in [5, 5.41) is 19.1. The third-order valence-corrected chi connectivity index (χ3v) is 1.89. The summed E-state index contributed by atoms with van der Waals surface area (Å²) < 4.78 is 0. The minimum Gasteiger partial charge on any atom is -0.507 e. The number of rotatable bonds is 3. The van der Waals surface area contributed by atoms with Crippen molar-refractivity contribution in [2.24, 2.45) is 0 Å². The zero-order chi connectivity index (χ0) is 12.1. The number of hydrogen-bond acceptors (Lipinski definition) is 3. The van der Waals surface area contributed by atoms with E-state index in [1.54, 1.807) is 26.0 Å². The van der Waals surface area contributed by atoms with Gasteiger partial charge in [-0.05, 0) is 32.1 Å². The minimum atomic E-state index is -0.305. The standard InChI is InChI=1S/C13H14O3/c1-9(2)7-10(14)8-13(16)11-5-3-4-6-12(11)15/h3-8,15-16H,1-2H3/b13-8-. The van der Waals surface area contributed by atoms with Gasteiger partial charge in [0.1, 0.15) is 11.5 Å². The summed E-state index contributed by atoms with van der Waals surface area (Å²) >= 11 is 0. The van der Waals surface area contributed by atoms with Crippen LogP contribution in [0.2, 0.25) is 0 Å². The molecule has 0 saturated heterocycles. The van der Waals surface area contributed by atoms with Gasteiger partial charge >= 0.3 is 0 Å². The summed E-state index contributed by atoms with van der Waals surface area (Å²) in [7, 11) is 0. The lowest BCUT2D eigenvalue weighted by Gasteiger charge is -2.01. The van der Waals surface area contributed by atoms with Crippen molar-refractivity contribution in [3.63, 3.8) is 0 Å². The van der Waals surface area contributed by atoms with Crippen LogP contribution in [-0.2, 0) is 4.79 Å². The first kappa shape index (κ1) is 12.0. The molecule has 0 aliphatic rings. The van der Waals surface area contributed by atoms with Crippen LogP contribution in [-0.4, -0.2) is 16.0 Å². The van der Waals surface area contributed by atoms with Gasteiger partial charge in [0.2, 0.25) is 0 Å². The highest BCUT2D eigenvalue weighted by atomic mass is 16.3. The molecule has 0 bridgehead atoms. The Morgan fingerprint density at radius 2 is 1.81 bits per heavy atom. The number of aliphatic hydroxyl groups is 1. The van der Waals surface area contributed by atoms with Crippen LogP contribution in [0.5, 0.6) is 5.75 Å². The van der Waals surface area contributed by atoms with E-state index in [1.807, 2.05) is 0 Å². The molecule has 0 heterocycles. The van der Waals surface area contributed by atoms with Crippen molar-refractivity contribution in [2.75, 3.05) is 0 Å². The fourth-order valence-electron chi connectivity index (χ4n) is 1.23. The summed E-state index contributed by atoms with van der Waals surface area (Å²) in [6.45, 7) is 3.59. The predicted octanol–water partition coefficient (Wildman–Crippen LogP) is 2.83. The van der Waals surface area contributed by atoms with Crippen LogP contribution in [0.4, 0.5) is 0 Å². The molecular weight excluding hydrogens is 204 g/mol. The Balaban J connectivity index is 2.99. The first-order valence-electron chi connectivity index (χ1n) is 4.88. The highest BCUT2D eigenvalue weighted by Crippen LogP contribution is 2.22. The van der Waals surface area contributed by atoms with Crippen molar-refractivity contribution >= 4 is 11.5 Å². The molecule has 0 atom stereocenters. The van der Waals surface area contributed by atoms with E-state index in [0.717, 1.165) is 11.6 Å². The number of benzene rings is 1. The van der Waals surface area contributed by atoms with Gasteiger partial charge in [-0.2, -0.15) is 0 Å². The molecule has 16 heavy (non-hydrogen) atoms. The first-order chi connectivity index (χ1) is 7.50. The Labute approximate surface area is 94.4 Å². The lowest BCUT2D eigenvalue weighted by atomic mass is 10.1. The lowest BCUT2D eigenvalue weighted by Crippen LogP contribution is -1.92. The van der Waals surface area contributed by atoms with E-state index >= 15 is 0 Å². The molecule has 0 aliphatic heterocycles. The minimum absolute atomic E-state index is 0.0544. The number of ketones is 1. The van der Waals surface area contributed by atoms with Crippen molar-refractivity contribution in [2.45, 2.75) is 13.8 Å². The number of phenols is 1. The highest BCUT2D eigenvalue weighted by molar-refractivity contribution is 6.03. The molecule has 0 spiro atoms. The predicted molar refractivity (Wildman–Crippen MR) is 63.2 cm³/mol. The molecule has 0 amide bonds. The van der Waals surface area contributed by atoms with E-state index in [9.17, 15) is 15.0 Å². The van der Waals surface area contributed by atoms with E-state index in [0.29, 0.717) is 0 Å². The zero-order valence-corrected chi connectivity index (χ0v) is 9.27. The Kier molecular flexibility index (Phi) is 3.89. The lowest BCUT2D eigenvalue weighted by molar-refractivity contribution is -0.110. The largest absolute Gasteiger partial charge is 0.507 e. The molecule has 1 rings (SSSR count). The molecule has 0 aliphatic carbocycles. The Morgan fingerprint density at radius 1 is 1.19 bits per heavy atom. The second-order valence-corrected chi connectivity index (χ2v) is 3.67. The molecule has 3 nitrogen and oxygen atoms in total. The zero-order valence-electron chi connectivity index (χ0n) is 9.27. The molecule has 0 aromatic heterocycles. The number of hydrogen-bond donors (Lipinski definition) is 2. The van der Waals surface area contributed by atoms with E-state index in [2.05, 4.69) is 0 Å². The maximum atomic E-state index is 11.4. The Morgan fingerprint density at radius 3 is 2.38 bits per heavy atom. The topological polar surface area (TPSA) is 57.5 Å². The average Bonchev–Trinajstić information content (AvgIpc) is 2.16. The molecule has 1 aromatic carbocycles. The van der Waals surface area contributed by atoms with Gasteiger partial charge in [-0.3, -0.25) is 4.79 Å². The summed E-state index contributed by atoms with van der Waals surface area (Å²) in [5.41, 5.74) is 1.10. The van der Waals surface area contributed by atoms with Gasteiger partial charge in [0, 0.05) is 6.08 Å². The van der Waals surface area contributed by atoms with Gasteiger partial charge < -0.3 is 10.2 Å². The molecule has 3 heteroatoms. The summed E-state index contributed by atoms with van der Waals surface area (Å²) in [6, 6.07) is 6.30. The number of aliphatic hydroxyl groups excluding tert-OH is 1. The van der Waals surface area contributed by atoms with Gasteiger partial charge in [-0.15, -0.1) is 0 Å². The maximum absolute atomic E-state index is 11.4. The summed E-state index contributed by atoms with van der Waals surface area (Å²) in [6.07, 6.45) is 2.50. The van der Waals surface area contributed by atoms with Crippen LogP contribution in [0, 0.1) is 0 Å². The van der Waals surface area contributed by atoms with E-state index in [4.69, 9.17) is 0 Å². The van der Waals surface area contributed by atoms with Gasteiger partial charge in [-0.25, -0.2) is 0 Å². The first-order valence-corrected chi connectivity index (χ1v) is 4.88. The van der Waals surface area contributed by atoms with Crippen LogP contribution in [0.3, 0.4) is 0 Å². The van der Waals surface area contributed by atoms with Crippen LogP contribution >= 0.6 is 0 Å². The quantitative estimate of drug-likeness (QED) is 0.605. The van der Waals surface area contributed by atoms with Crippen molar-refractivity contribution in [3.8, 4) is 5.75 Å². The summed E-state index contributed by atoms with van der Waals surface area (Å²) in [5.74, 6) is -0.595. The Hall–Kier alpha value is -2.03. The number of aromatic hydroxyl groups is 1. The van der Waals surface area contributed by atoms with Gasteiger partial charge in [0.05, 0.1) is 5.56 Å². The molecule has 0 unspecified atom stereocenters. The van der Waals surface area contributed by atoms with Crippen LogP contribution < -0.4 is 0 Å². The van der Waals surface area contributed by atoms with Gasteiger partial charge in [0.25, 0.3) is 0 Å². The van der Waals surface area contributed by atoms with Crippen LogP contribution in [0.25, 0.3) is 5.76 Å². The van der Waals surface area contributed by atoms with E-state index in [1.165, 1.54) is 18.2 Å². The fraction of sp³-hybridized carbons (Fsp3) is 0.154. The van der Waals surface area contributed by atoms with Crippen molar-refractivity contribution in [3.05, 3.63) is 47.6 Å². The normalized spacial score (nSPS) is 11.0. The van der Waals surface area contributed by atoms with Gasteiger partial charge in [0.15, 0.2) is 5.78 Å². The monoisotopic (exact) mass is 218 g/mol. The van der Waals surface area contributed by atoms with Crippen molar-refractivity contribution in [1.82, 2.24) is 0 Å². The SMILES string of the molecule is CC(C)=CC(=O)/C=C(\O)c1ccccc1O. The van der Waals surface area contributed by atoms with Crippen LogP contribution in [0.1, 0.15) is 19.4 Å². The molecule has 84 valence electrons. The third-order valence-electron chi connectivity index (χ3n) is 1.89. The summed E-state index contributed by atoms with van der Waals surface area (Å²) in [4.78, 5) is 11.4. The number of phenolic OH excluding ortho intramolecular Hbond substituents is 1. The fourth-order valence-corrected chi connectivity index (χ4v) is 1.23. The number of carbonyl (C=O) groups is 1. The van der Waals surface area contributed by atoms with Gasteiger partial charge in [-0.1, -0.05) is 17.7 Å². The smallest absolute Gasteiger partial charge is 0.182 e. The second-order valence-electron chi connectivity index (χ2n) is 3.67.